The first kappa shape index (κ1) is 12.8. The lowest BCUT2D eigenvalue weighted by molar-refractivity contribution is 0.713. The van der Waals surface area contributed by atoms with Crippen LogP contribution in [0.1, 0.15) is 32.6 Å². The van der Waals surface area contributed by atoms with Gasteiger partial charge in [0.25, 0.3) is 0 Å². The third-order valence-electron chi connectivity index (χ3n) is 3.07. The molecule has 2 nitrogen and oxygen atoms in total. The minimum atomic E-state index is 0.611. The molecule has 2 N–H and O–H groups in total. The number of nitrogens with zero attached hydrogens (tertiary/aromatic N) is 1. The van der Waals surface area contributed by atoms with Crippen molar-refractivity contribution in [2.24, 2.45) is 0 Å². The minimum Gasteiger partial charge on any atom is -0.399 e. The van der Waals surface area contributed by atoms with Crippen LogP contribution in [0.4, 0.5) is 11.4 Å². The summed E-state index contributed by atoms with van der Waals surface area (Å²) in [6, 6.07) is 4.17. The summed E-state index contributed by atoms with van der Waals surface area (Å²) in [6.45, 7) is 3.21. The van der Waals surface area contributed by atoms with Crippen LogP contribution in [0.25, 0.3) is 0 Å². The lowest BCUT2D eigenvalue weighted by atomic mass is 10.2. The molecule has 0 saturated heterocycles. The Morgan fingerprint density at radius 3 is 2.35 bits per heavy atom. The Labute approximate surface area is 113 Å². The fraction of sp³-hybridized carbons (Fsp3) is 0.538. The molecule has 0 aliphatic heterocycles. The van der Waals surface area contributed by atoms with Gasteiger partial charge in [-0.2, -0.15) is 0 Å². The second-order valence-electron chi connectivity index (χ2n) is 4.61. The average molecular weight is 273 g/mol. The number of unbranched alkanes of at least 4 members (excludes halogenated alkanes) is 1. The molecule has 1 aromatic rings. The summed E-state index contributed by atoms with van der Waals surface area (Å²) in [6.07, 6.45) is 4.81. The number of nitrogens with two attached hydrogens (primary N) is 1. The van der Waals surface area contributed by atoms with E-state index in [4.69, 9.17) is 28.9 Å². The average Bonchev–Trinajstić information content (AvgIpc) is 3.05. The largest absolute Gasteiger partial charge is 0.399 e. The summed E-state index contributed by atoms with van der Waals surface area (Å²) in [5, 5.41) is 1.33. The van der Waals surface area contributed by atoms with Crippen molar-refractivity contribution in [1.29, 1.82) is 0 Å². The van der Waals surface area contributed by atoms with E-state index >= 15 is 0 Å². The zero-order chi connectivity index (χ0) is 12.4. The van der Waals surface area contributed by atoms with Gasteiger partial charge in [-0.25, -0.2) is 0 Å². The van der Waals surface area contributed by atoms with E-state index in [1.54, 1.807) is 12.1 Å². The predicted octanol–water partition coefficient (Wildman–Crippen LogP) is 4.34. The normalized spacial score (nSPS) is 15.0. The zero-order valence-corrected chi connectivity index (χ0v) is 11.6. The molecule has 0 spiro atoms. The first-order chi connectivity index (χ1) is 8.13. The lowest BCUT2D eigenvalue weighted by Crippen LogP contribution is -2.27. The minimum absolute atomic E-state index is 0.611. The Morgan fingerprint density at radius 2 is 1.88 bits per heavy atom. The molecule has 0 heterocycles. The van der Waals surface area contributed by atoms with Gasteiger partial charge in [0.1, 0.15) is 0 Å². The van der Waals surface area contributed by atoms with Gasteiger partial charge in [0, 0.05) is 18.3 Å². The van der Waals surface area contributed by atoms with Crippen LogP contribution in [-0.4, -0.2) is 12.6 Å². The molecule has 1 fully saturated rings. The number of rotatable bonds is 5. The maximum Gasteiger partial charge on any atom is 0.0749 e. The summed E-state index contributed by atoms with van der Waals surface area (Å²) in [7, 11) is 0. The molecule has 1 aromatic carbocycles. The number of halogens is 2. The molecule has 0 amide bonds. The summed E-state index contributed by atoms with van der Waals surface area (Å²) in [5.74, 6) is 0. The third kappa shape index (κ3) is 2.99. The molecule has 17 heavy (non-hydrogen) atoms. The highest BCUT2D eigenvalue weighted by Gasteiger charge is 2.31. The molecule has 94 valence electrons. The van der Waals surface area contributed by atoms with Crippen LogP contribution in [0.15, 0.2) is 12.1 Å². The Kier molecular flexibility index (Phi) is 4.05. The number of nitrogen functional groups attached to an aromatic ring is 1. The number of benzene rings is 1. The molecule has 1 aliphatic rings. The van der Waals surface area contributed by atoms with Crippen molar-refractivity contribution in [3.8, 4) is 0 Å². The van der Waals surface area contributed by atoms with Crippen LogP contribution < -0.4 is 10.6 Å². The molecule has 0 radical (unpaired) electrons. The van der Waals surface area contributed by atoms with Gasteiger partial charge in [-0.1, -0.05) is 36.5 Å². The highest BCUT2D eigenvalue weighted by molar-refractivity contribution is 6.39. The van der Waals surface area contributed by atoms with Crippen LogP contribution in [-0.2, 0) is 0 Å². The van der Waals surface area contributed by atoms with Crippen molar-refractivity contribution in [1.82, 2.24) is 0 Å². The van der Waals surface area contributed by atoms with Crippen LogP contribution in [0, 0.1) is 0 Å². The van der Waals surface area contributed by atoms with Gasteiger partial charge in [-0.05, 0) is 31.4 Å². The molecule has 0 aromatic heterocycles. The third-order valence-corrected chi connectivity index (χ3v) is 3.64. The van der Waals surface area contributed by atoms with Gasteiger partial charge in [0.05, 0.1) is 15.7 Å². The van der Waals surface area contributed by atoms with E-state index in [1.165, 1.54) is 19.3 Å². The molecule has 0 bridgehead atoms. The van der Waals surface area contributed by atoms with Crippen LogP contribution in [0.3, 0.4) is 0 Å². The van der Waals surface area contributed by atoms with Gasteiger partial charge < -0.3 is 10.6 Å². The van der Waals surface area contributed by atoms with Crippen LogP contribution in [0.5, 0.6) is 0 Å². The molecule has 0 unspecified atom stereocenters. The summed E-state index contributed by atoms with van der Waals surface area (Å²) in [5.41, 5.74) is 7.31. The second-order valence-corrected chi connectivity index (χ2v) is 5.43. The van der Waals surface area contributed by atoms with E-state index in [0.29, 0.717) is 21.8 Å². The molecule has 4 heteroatoms. The summed E-state index contributed by atoms with van der Waals surface area (Å²) >= 11 is 12.5. The van der Waals surface area contributed by atoms with Crippen molar-refractivity contribution in [2.75, 3.05) is 17.2 Å². The maximum atomic E-state index is 6.27. The predicted molar refractivity (Wildman–Crippen MR) is 76.2 cm³/mol. The fourth-order valence-electron chi connectivity index (χ4n) is 2.05. The molecule has 2 rings (SSSR count). The zero-order valence-electron chi connectivity index (χ0n) is 10.0. The van der Waals surface area contributed by atoms with Crippen molar-refractivity contribution in [3.05, 3.63) is 22.2 Å². The Hall–Kier alpha value is -0.600. The monoisotopic (exact) mass is 272 g/mol. The molecular formula is C13H18Cl2N2. The van der Waals surface area contributed by atoms with E-state index in [9.17, 15) is 0 Å². The second kappa shape index (κ2) is 5.36. The summed E-state index contributed by atoms with van der Waals surface area (Å²) in [4.78, 5) is 2.34. The standard InChI is InChI=1S/C13H18Cl2N2/c1-2-3-6-17(10-4-5-10)13-11(14)7-9(16)8-12(13)15/h7-8,10H,2-6,16H2,1H3. The Morgan fingerprint density at radius 1 is 1.29 bits per heavy atom. The van der Waals surface area contributed by atoms with E-state index in [1.807, 2.05) is 0 Å². The fourth-order valence-corrected chi connectivity index (χ4v) is 2.77. The topological polar surface area (TPSA) is 29.3 Å². The van der Waals surface area contributed by atoms with E-state index in [0.717, 1.165) is 18.7 Å². The first-order valence-corrected chi connectivity index (χ1v) is 6.90. The van der Waals surface area contributed by atoms with Crippen LogP contribution in [0.2, 0.25) is 10.0 Å². The highest BCUT2D eigenvalue weighted by Crippen LogP contribution is 2.41. The van der Waals surface area contributed by atoms with Gasteiger partial charge in [0.2, 0.25) is 0 Å². The first-order valence-electron chi connectivity index (χ1n) is 6.14. The van der Waals surface area contributed by atoms with Gasteiger partial charge in [0.15, 0.2) is 0 Å². The number of hydrogen-bond donors (Lipinski definition) is 1. The van der Waals surface area contributed by atoms with Gasteiger partial charge >= 0.3 is 0 Å². The quantitative estimate of drug-likeness (QED) is 0.808. The van der Waals surface area contributed by atoms with E-state index in [2.05, 4.69) is 11.8 Å². The van der Waals surface area contributed by atoms with Crippen molar-refractivity contribution in [2.45, 2.75) is 38.6 Å². The van der Waals surface area contributed by atoms with Crippen molar-refractivity contribution < 1.29 is 0 Å². The Balaban J connectivity index is 2.28. The van der Waals surface area contributed by atoms with Gasteiger partial charge in [-0.3, -0.25) is 0 Å². The number of hydrogen-bond acceptors (Lipinski definition) is 2. The lowest BCUT2D eigenvalue weighted by Gasteiger charge is -2.27. The van der Waals surface area contributed by atoms with E-state index in [-0.39, 0.29) is 0 Å². The Bertz CT molecular complexity index is 379. The number of anilines is 2. The van der Waals surface area contributed by atoms with Crippen molar-refractivity contribution >= 4 is 34.6 Å². The molecular weight excluding hydrogens is 255 g/mol. The highest BCUT2D eigenvalue weighted by atomic mass is 35.5. The molecule has 1 saturated carbocycles. The smallest absolute Gasteiger partial charge is 0.0749 e. The molecule has 1 aliphatic carbocycles. The maximum absolute atomic E-state index is 6.27. The summed E-state index contributed by atoms with van der Waals surface area (Å²) < 4.78 is 0. The molecule has 0 atom stereocenters. The van der Waals surface area contributed by atoms with Crippen LogP contribution >= 0.6 is 23.2 Å². The SMILES string of the molecule is CCCCN(c1c(Cl)cc(N)cc1Cl)C1CC1. The van der Waals surface area contributed by atoms with E-state index < -0.39 is 0 Å². The van der Waals surface area contributed by atoms with Gasteiger partial charge in [-0.15, -0.1) is 0 Å². The van der Waals surface area contributed by atoms with Crippen molar-refractivity contribution in [3.63, 3.8) is 0 Å².